The van der Waals surface area contributed by atoms with Gasteiger partial charge in [0.25, 0.3) is 0 Å². The van der Waals surface area contributed by atoms with E-state index in [1.807, 2.05) is 0 Å². The molecule has 156 valence electrons. The summed E-state index contributed by atoms with van der Waals surface area (Å²) in [6, 6.07) is -1.19. The van der Waals surface area contributed by atoms with Crippen LogP contribution in [-0.2, 0) is 9.59 Å². The fourth-order valence-corrected chi connectivity index (χ4v) is 2.81. The molecule has 0 saturated carbocycles. The van der Waals surface area contributed by atoms with Crippen LogP contribution in [0.15, 0.2) is 12.2 Å². The van der Waals surface area contributed by atoms with E-state index >= 15 is 0 Å². The van der Waals surface area contributed by atoms with E-state index < -0.39 is 18.6 Å². The summed E-state index contributed by atoms with van der Waals surface area (Å²) in [4.78, 5) is 22.3. The number of hydrogen-bond acceptors (Lipinski definition) is 3. The number of aliphatic hydroxyl groups is 1. The van der Waals surface area contributed by atoms with Crippen molar-refractivity contribution >= 4 is 57.4 Å². The zero-order chi connectivity index (χ0) is 19.5. The Morgan fingerprint density at radius 1 is 0.889 bits per heavy atom. The molecule has 3 N–H and O–H groups in total. The number of carbonyl (C=O) groups is 2. The van der Waals surface area contributed by atoms with Gasteiger partial charge in [0, 0.05) is 6.42 Å². The summed E-state index contributed by atoms with van der Waals surface area (Å²) in [5, 5.41) is 19.9. The van der Waals surface area contributed by atoms with Gasteiger partial charge in [0.2, 0.25) is 5.91 Å². The largest absolute Gasteiger partial charge is 2.00 e. The maximum absolute atomic E-state index is 11.6. The molecule has 0 rings (SSSR count). The Labute approximate surface area is 205 Å². The van der Waals surface area contributed by atoms with E-state index in [0.717, 1.165) is 32.1 Å². The molecule has 0 spiro atoms. The van der Waals surface area contributed by atoms with Gasteiger partial charge < -0.3 is 18.4 Å². The zero-order valence-electron chi connectivity index (χ0n) is 19.3. The smallest absolute Gasteiger partial charge is 1.00 e. The number of allylic oxidation sites excluding steroid dienone is 2. The molecular formula is C21H41NO4Sr. The van der Waals surface area contributed by atoms with Crippen LogP contribution in [-0.4, -0.2) is 80.2 Å². The van der Waals surface area contributed by atoms with Crippen molar-refractivity contribution in [2.75, 3.05) is 6.61 Å². The van der Waals surface area contributed by atoms with Crippen LogP contribution in [0.1, 0.15) is 99.7 Å². The number of carbonyl (C=O) groups excluding carboxylic acids is 1. The Morgan fingerprint density at radius 2 is 1.37 bits per heavy atom. The van der Waals surface area contributed by atoms with Gasteiger partial charge in [-0.15, -0.1) is 0 Å². The van der Waals surface area contributed by atoms with Gasteiger partial charge in [-0.2, -0.15) is 0 Å². The molecule has 1 amide bonds. The summed E-state index contributed by atoms with van der Waals surface area (Å²) < 4.78 is 0. The molecule has 1 atom stereocenters. The van der Waals surface area contributed by atoms with Gasteiger partial charge in [-0.05, 0) is 32.1 Å². The fourth-order valence-electron chi connectivity index (χ4n) is 2.81. The molecule has 0 aliphatic heterocycles. The van der Waals surface area contributed by atoms with Crippen molar-refractivity contribution in [2.24, 2.45) is 0 Å². The van der Waals surface area contributed by atoms with Gasteiger partial charge in [0.15, 0.2) is 0 Å². The van der Waals surface area contributed by atoms with E-state index in [-0.39, 0.29) is 54.2 Å². The van der Waals surface area contributed by atoms with Crippen molar-refractivity contribution < 1.29 is 22.7 Å². The molecular weight excluding hydrogens is 418 g/mol. The minimum absolute atomic E-state index is 0. The molecule has 0 fully saturated rings. The number of carboxylic acid groups (broad SMARTS) is 1. The number of hydrogen-bond donors (Lipinski definition) is 3. The van der Waals surface area contributed by atoms with Crippen LogP contribution in [0.25, 0.3) is 0 Å². The third-order valence-corrected chi connectivity index (χ3v) is 4.48. The van der Waals surface area contributed by atoms with Crippen LogP contribution < -0.4 is 5.32 Å². The van der Waals surface area contributed by atoms with E-state index in [2.05, 4.69) is 24.4 Å². The molecule has 0 saturated heterocycles. The van der Waals surface area contributed by atoms with Crippen LogP contribution in [0.4, 0.5) is 0 Å². The Balaban J connectivity index is -0.00000104. The van der Waals surface area contributed by atoms with Crippen LogP contribution in [0.2, 0.25) is 0 Å². The van der Waals surface area contributed by atoms with E-state index in [1.165, 1.54) is 51.4 Å². The number of nitrogens with one attached hydrogen (secondary N) is 1. The van der Waals surface area contributed by atoms with Crippen LogP contribution in [0.5, 0.6) is 0 Å². The first-order chi connectivity index (χ1) is 12.6. The van der Waals surface area contributed by atoms with E-state index in [0.29, 0.717) is 6.42 Å². The summed E-state index contributed by atoms with van der Waals surface area (Å²) in [7, 11) is 0. The third kappa shape index (κ3) is 20.7. The molecule has 0 aliphatic rings. The van der Waals surface area contributed by atoms with Crippen LogP contribution in [0.3, 0.4) is 0 Å². The molecule has 0 bridgehead atoms. The molecule has 0 aromatic heterocycles. The molecule has 0 aliphatic carbocycles. The average molecular weight is 459 g/mol. The molecule has 6 heteroatoms. The van der Waals surface area contributed by atoms with Gasteiger partial charge in [-0.25, -0.2) is 4.79 Å². The van der Waals surface area contributed by atoms with Crippen molar-refractivity contribution in [1.82, 2.24) is 5.32 Å². The SMILES string of the molecule is CCCCCCCC/C=C\CCCCCCCC(=O)N[C@@H](CO)C(=O)O.[H-].[H-].[Sr+2]. The van der Waals surface area contributed by atoms with Gasteiger partial charge in [0.1, 0.15) is 6.04 Å². The van der Waals surface area contributed by atoms with E-state index in [1.54, 1.807) is 0 Å². The minimum Gasteiger partial charge on any atom is -1.00 e. The number of rotatable bonds is 18. The summed E-state index contributed by atoms with van der Waals surface area (Å²) in [5.41, 5.74) is 0. The number of unbranched alkanes of at least 4 members (excludes halogenated alkanes) is 11. The van der Waals surface area contributed by atoms with Gasteiger partial charge >= 0.3 is 51.5 Å². The second kappa shape index (κ2) is 22.4. The Kier molecular flexibility index (Phi) is 24.3. The fraction of sp³-hybridized carbons (Fsp3) is 0.810. The third-order valence-electron chi connectivity index (χ3n) is 4.48. The maximum atomic E-state index is 11.6. The van der Waals surface area contributed by atoms with Crippen LogP contribution in [0, 0.1) is 0 Å². The molecule has 0 radical (unpaired) electrons. The standard InChI is InChI=1S/C21H39NO4.Sr.2H/c1-2-3-4-5-6-7-8-9-10-11-12-13-14-15-16-17-20(24)22-19(18-23)21(25)26;;;/h9-10,19,23H,2-8,11-18H2,1H3,(H,22,24)(H,25,26);;;/q;+2;2*-1/b10-9-;;;/t19-;;;/m0.../s1. The normalized spacial score (nSPS) is 11.9. The minimum atomic E-state index is -1.20. The molecule has 0 aromatic rings. The first-order valence-corrected chi connectivity index (χ1v) is 10.4. The Hall–Kier alpha value is 0.121. The summed E-state index contributed by atoms with van der Waals surface area (Å²) in [6.45, 7) is 1.67. The van der Waals surface area contributed by atoms with Crippen molar-refractivity contribution in [1.29, 1.82) is 0 Å². The van der Waals surface area contributed by atoms with Crippen molar-refractivity contribution in [3.8, 4) is 0 Å². The second-order valence-electron chi connectivity index (χ2n) is 6.98. The van der Waals surface area contributed by atoms with Crippen molar-refractivity contribution in [2.45, 2.75) is 103 Å². The van der Waals surface area contributed by atoms with E-state index in [4.69, 9.17) is 10.2 Å². The van der Waals surface area contributed by atoms with Gasteiger partial charge in [0.05, 0.1) is 6.61 Å². The quantitative estimate of drug-likeness (QED) is 0.161. The molecule has 0 heterocycles. The zero-order valence-corrected chi connectivity index (χ0v) is 20.7. The summed E-state index contributed by atoms with van der Waals surface area (Å²) in [6.07, 6.45) is 20.5. The first kappa shape index (κ1) is 29.3. The van der Waals surface area contributed by atoms with Crippen molar-refractivity contribution in [3.63, 3.8) is 0 Å². The number of amides is 1. The van der Waals surface area contributed by atoms with E-state index in [9.17, 15) is 9.59 Å². The molecule has 0 unspecified atom stereocenters. The predicted molar refractivity (Wildman–Crippen MR) is 114 cm³/mol. The number of carboxylic acids is 1. The molecule has 0 aromatic carbocycles. The topological polar surface area (TPSA) is 86.6 Å². The van der Waals surface area contributed by atoms with Gasteiger partial charge in [-0.1, -0.05) is 70.4 Å². The number of aliphatic carboxylic acids is 1. The maximum Gasteiger partial charge on any atom is 2.00 e. The summed E-state index contributed by atoms with van der Waals surface area (Å²) in [5.74, 6) is -1.51. The van der Waals surface area contributed by atoms with Crippen molar-refractivity contribution in [3.05, 3.63) is 12.2 Å². The number of aliphatic hydroxyl groups excluding tert-OH is 1. The predicted octanol–water partition coefficient (Wildman–Crippen LogP) is 4.43. The monoisotopic (exact) mass is 459 g/mol. The Morgan fingerprint density at radius 3 is 1.85 bits per heavy atom. The molecule has 27 heavy (non-hydrogen) atoms. The van der Waals surface area contributed by atoms with Crippen LogP contribution >= 0.6 is 0 Å². The molecule has 5 nitrogen and oxygen atoms in total. The Bertz CT molecular complexity index is 399. The van der Waals surface area contributed by atoms with Gasteiger partial charge in [-0.3, -0.25) is 4.79 Å². The second-order valence-corrected chi connectivity index (χ2v) is 6.98. The average Bonchev–Trinajstić information content (AvgIpc) is 2.62. The first-order valence-electron chi connectivity index (χ1n) is 10.4. The summed E-state index contributed by atoms with van der Waals surface area (Å²) >= 11 is 0.